The minimum Gasteiger partial charge on any atom is -0.497 e. The molecule has 0 aliphatic carbocycles. The van der Waals surface area contributed by atoms with Crippen LogP contribution < -0.4 is 4.74 Å². The maximum absolute atomic E-state index is 11.9. The summed E-state index contributed by atoms with van der Waals surface area (Å²) in [5.41, 5.74) is 0.179. The van der Waals surface area contributed by atoms with E-state index in [0.717, 1.165) is 0 Å². The second kappa shape index (κ2) is 5.40. The molecule has 6 nitrogen and oxygen atoms in total. The summed E-state index contributed by atoms with van der Waals surface area (Å²) in [7, 11) is 1.46. The molecule has 100 valence electrons. The van der Waals surface area contributed by atoms with Crippen molar-refractivity contribution in [3.8, 4) is 5.75 Å². The summed E-state index contributed by atoms with van der Waals surface area (Å²) in [5, 5.41) is 0.510. The standard InChI is InChI=1S/C12H10BrNO5/c1-18-9-5-7(4-8(13)6-9)12(17)19-14-10(15)2-3-11(14)16/h4-6H,2-3H2,1H3. The van der Waals surface area contributed by atoms with Gasteiger partial charge in [-0.15, -0.1) is 5.06 Å². The number of imide groups is 1. The lowest BCUT2D eigenvalue weighted by Crippen LogP contribution is -2.32. The number of benzene rings is 1. The normalized spacial score (nSPS) is 14.7. The van der Waals surface area contributed by atoms with Crippen LogP contribution in [0, 0.1) is 0 Å². The SMILES string of the molecule is COc1cc(Br)cc(C(=O)ON2C(=O)CCC2=O)c1. The summed E-state index contributed by atoms with van der Waals surface area (Å²) in [6, 6.07) is 4.64. The Hall–Kier alpha value is -1.89. The first-order valence-electron chi connectivity index (χ1n) is 5.44. The van der Waals surface area contributed by atoms with Gasteiger partial charge >= 0.3 is 5.97 Å². The van der Waals surface area contributed by atoms with E-state index in [2.05, 4.69) is 15.9 Å². The topological polar surface area (TPSA) is 72.9 Å². The average Bonchev–Trinajstić information content (AvgIpc) is 2.69. The second-order valence-electron chi connectivity index (χ2n) is 3.84. The number of nitrogens with zero attached hydrogens (tertiary/aromatic N) is 1. The fourth-order valence-electron chi connectivity index (χ4n) is 1.59. The Morgan fingerprint density at radius 2 is 1.84 bits per heavy atom. The number of ether oxygens (including phenoxy) is 1. The number of amides is 2. The number of carbonyl (C=O) groups excluding carboxylic acids is 3. The summed E-state index contributed by atoms with van der Waals surface area (Å²) in [6.45, 7) is 0. The molecule has 0 unspecified atom stereocenters. The highest BCUT2D eigenvalue weighted by molar-refractivity contribution is 9.10. The van der Waals surface area contributed by atoms with Crippen LogP contribution in [-0.4, -0.2) is 30.0 Å². The van der Waals surface area contributed by atoms with Gasteiger partial charge in [-0.2, -0.15) is 0 Å². The number of carbonyl (C=O) groups is 3. The highest BCUT2D eigenvalue weighted by atomic mass is 79.9. The van der Waals surface area contributed by atoms with E-state index >= 15 is 0 Å². The quantitative estimate of drug-likeness (QED) is 0.790. The Morgan fingerprint density at radius 3 is 2.42 bits per heavy atom. The molecule has 0 N–H and O–H groups in total. The van der Waals surface area contributed by atoms with Crippen LogP contribution in [-0.2, 0) is 14.4 Å². The van der Waals surface area contributed by atoms with E-state index in [1.807, 2.05) is 0 Å². The summed E-state index contributed by atoms with van der Waals surface area (Å²) >= 11 is 3.22. The van der Waals surface area contributed by atoms with E-state index in [9.17, 15) is 14.4 Å². The van der Waals surface area contributed by atoms with Crippen molar-refractivity contribution in [3.63, 3.8) is 0 Å². The zero-order chi connectivity index (χ0) is 14.0. The largest absolute Gasteiger partial charge is 0.497 e. The number of hydroxylamine groups is 2. The molecule has 7 heteroatoms. The zero-order valence-corrected chi connectivity index (χ0v) is 11.6. The van der Waals surface area contributed by atoms with Gasteiger partial charge in [0.05, 0.1) is 12.7 Å². The Bertz CT molecular complexity index is 541. The molecular weight excluding hydrogens is 318 g/mol. The van der Waals surface area contributed by atoms with E-state index in [-0.39, 0.29) is 18.4 Å². The van der Waals surface area contributed by atoms with Crippen molar-refractivity contribution in [3.05, 3.63) is 28.2 Å². The number of rotatable bonds is 3. The van der Waals surface area contributed by atoms with E-state index in [4.69, 9.17) is 9.57 Å². The van der Waals surface area contributed by atoms with Crippen LogP contribution >= 0.6 is 15.9 Å². The first-order valence-corrected chi connectivity index (χ1v) is 6.23. The molecule has 0 spiro atoms. The minimum atomic E-state index is -0.789. The molecule has 1 saturated heterocycles. The van der Waals surface area contributed by atoms with Crippen LogP contribution in [0.2, 0.25) is 0 Å². The van der Waals surface area contributed by atoms with Crippen molar-refractivity contribution in [2.24, 2.45) is 0 Å². The monoisotopic (exact) mass is 327 g/mol. The van der Waals surface area contributed by atoms with Gasteiger partial charge < -0.3 is 9.57 Å². The van der Waals surface area contributed by atoms with Gasteiger partial charge in [-0.1, -0.05) is 15.9 Å². The fraction of sp³-hybridized carbons (Fsp3) is 0.250. The van der Waals surface area contributed by atoms with Gasteiger partial charge in [0.2, 0.25) is 0 Å². The van der Waals surface area contributed by atoms with Crippen molar-refractivity contribution >= 4 is 33.7 Å². The Labute approximate surface area is 117 Å². The summed E-state index contributed by atoms with van der Waals surface area (Å²) in [6.07, 6.45) is 0.127. The number of methoxy groups -OCH3 is 1. The highest BCUT2D eigenvalue weighted by Crippen LogP contribution is 2.22. The molecule has 0 radical (unpaired) electrons. The fourth-order valence-corrected chi connectivity index (χ4v) is 2.06. The maximum Gasteiger partial charge on any atom is 0.364 e. The summed E-state index contributed by atoms with van der Waals surface area (Å²) in [4.78, 5) is 39.3. The van der Waals surface area contributed by atoms with E-state index in [1.165, 1.54) is 19.2 Å². The van der Waals surface area contributed by atoms with Crippen LogP contribution in [0.4, 0.5) is 0 Å². The molecule has 1 aliphatic heterocycles. The highest BCUT2D eigenvalue weighted by Gasteiger charge is 2.33. The van der Waals surface area contributed by atoms with Crippen LogP contribution in [0.5, 0.6) is 5.75 Å². The number of hydrogen-bond acceptors (Lipinski definition) is 5. The van der Waals surface area contributed by atoms with Crippen molar-refractivity contribution < 1.29 is 24.0 Å². The lowest BCUT2D eigenvalue weighted by atomic mass is 10.2. The third-order valence-corrected chi connectivity index (χ3v) is 2.98. The average molecular weight is 328 g/mol. The van der Waals surface area contributed by atoms with E-state index in [1.54, 1.807) is 6.07 Å². The van der Waals surface area contributed by atoms with Crippen LogP contribution in [0.1, 0.15) is 23.2 Å². The van der Waals surface area contributed by atoms with Gasteiger partial charge in [0.15, 0.2) is 0 Å². The van der Waals surface area contributed by atoms with Crippen molar-refractivity contribution in [1.82, 2.24) is 5.06 Å². The number of hydrogen-bond donors (Lipinski definition) is 0. The summed E-state index contributed by atoms with van der Waals surface area (Å²) in [5.74, 6) is -1.36. The first-order chi connectivity index (χ1) is 9.01. The molecule has 2 amide bonds. The Kier molecular flexibility index (Phi) is 3.84. The molecular formula is C12H10BrNO5. The van der Waals surface area contributed by atoms with Gasteiger partial charge in [0.25, 0.3) is 11.8 Å². The predicted molar refractivity (Wildman–Crippen MR) is 67.2 cm³/mol. The third kappa shape index (κ3) is 2.93. The van der Waals surface area contributed by atoms with Crippen molar-refractivity contribution in [2.45, 2.75) is 12.8 Å². The minimum absolute atomic E-state index is 0.0634. The lowest BCUT2D eigenvalue weighted by molar-refractivity contribution is -0.172. The van der Waals surface area contributed by atoms with Crippen LogP contribution in [0.15, 0.2) is 22.7 Å². The zero-order valence-electron chi connectivity index (χ0n) is 10.0. The van der Waals surface area contributed by atoms with E-state index in [0.29, 0.717) is 15.3 Å². The Balaban J connectivity index is 2.18. The molecule has 0 aromatic heterocycles. The molecule has 2 rings (SSSR count). The smallest absolute Gasteiger partial charge is 0.364 e. The molecule has 0 atom stereocenters. The van der Waals surface area contributed by atoms with Gasteiger partial charge in [0.1, 0.15) is 5.75 Å². The summed E-state index contributed by atoms with van der Waals surface area (Å²) < 4.78 is 5.64. The maximum atomic E-state index is 11.9. The first kappa shape index (κ1) is 13.5. The van der Waals surface area contributed by atoms with Crippen molar-refractivity contribution in [1.29, 1.82) is 0 Å². The molecule has 1 aromatic carbocycles. The second-order valence-corrected chi connectivity index (χ2v) is 4.76. The van der Waals surface area contributed by atoms with Gasteiger partial charge in [-0.25, -0.2) is 4.79 Å². The van der Waals surface area contributed by atoms with Crippen molar-refractivity contribution in [2.75, 3.05) is 7.11 Å². The van der Waals surface area contributed by atoms with E-state index < -0.39 is 17.8 Å². The lowest BCUT2D eigenvalue weighted by Gasteiger charge is -2.13. The van der Waals surface area contributed by atoms with Crippen LogP contribution in [0.25, 0.3) is 0 Å². The van der Waals surface area contributed by atoms with Crippen LogP contribution in [0.3, 0.4) is 0 Å². The molecule has 1 heterocycles. The predicted octanol–water partition coefficient (Wildman–Crippen LogP) is 1.68. The molecule has 1 aliphatic rings. The number of halogens is 1. The molecule has 1 fully saturated rings. The Morgan fingerprint density at radius 1 is 1.21 bits per heavy atom. The van der Waals surface area contributed by atoms with Gasteiger partial charge in [-0.05, 0) is 18.2 Å². The van der Waals surface area contributed by atoms with Gasteiger partial charge in [-0.3, -0.25) is 9.59 Å². The molecule has 19 heavy (non-hydrogen) atoms. The molecule has 0 bridgehead atoms. The molecule has 1 aromatic rings. The molecule has 0 saturated carbocycles. The third-order valence-electron chi connectivity index (χ3n) is 2.52. The van der Waals surface area contributed by atoms with Gasteiger partial charge in [0, 0.05) is 17.3 Å².